The summed E-state index contributed by atoms with van der Waals surface area (Å²) >= 11 is 0. The van der Waals surface area contributed by atoms with Crippen molar-refractivity contribution in [2.24, 2.45) is 0 Å². The molecule has 0 bridgehead atoms. The molecule has 13 heavy (non-hydrogen) atoms. The van der Waals surface area contributed by atoms with E-state index >= 15 is 0 Å². The summed E-state index contributed by atoms with van der Waals surface area (Å²) in [6, 6.07) is 2.19. The lowest BCUT2D eigenvalue weighted by Crippen LogP contribution is -1.95. The fourth-order valence-corrected chi connectivity index (χ4v) is 1.59. The van der Waals surface area contributed by atoms with Crippen molar-refractivity contribution < 1.29 is 0 Å². The average molecular weight is 173 g/mol. The van der Waals surface area contributed by atoms with Crippen LogP contribution in [0, 0.1) is 13.8 Å². The number of pyridine rings is 1. The summed E-state index contributed by atoms with van der Waals surface area (Å²) in [5, 5.41) is 0. The zero-order valence-corrected chi connectivity index (χ0v) is 8.30. The molecule has 1 fully saturated rings. The van der Waals surface area contributed by atoms with E-state index in [-0.39, 0.29) is 0 Å². The van der Waals surface area contributed by atoms with Crippen molar-refractivity contribution in [3.8, 4) is 0 Å². The molecule has 1 heterocycles. The van der Waals surface area contributed by atoms with Crippen LogP contribution in [-0.4, -0.2) is 4.98 Å². The van der Waals surface area contributed by atoms with Gasteiger partial charge in [0, 0.05) is 17.3 Å². The van der Waals surface area contributed by atoms with Crippen LogP contribution in [-0.2, 0) is 0 Å². The lowest BCUT2D eigenvalue weighted by Gasteiger charge is -2.07. The van der Waals surface area contributed by atoms with Gasteiger partial charge in [0.25, 0.3) is 0 Å². The van der Waals surface area contributed by atoms with E-state index in [1.807, 2.05) is 6.08 Å². The zero-order chi connectivity index (χ0) is 9.42. The van der Waals surface area contributed by atoms with Gasteiger partial charge in [0.05, 0.1) is 0 Å². The van der Waals surface area contributed by atoms with Gasteiger partial charge in [0.1, 0.15) is 0 Å². The van der Waals surface area contributed by atoms with Gasteiger partial charge in [0.15, 0.2) is 0 Å². The van der Waals surface area contributed by atoms with Crippen molar-refractivity contribution in [3.05, 3.63) is 35.2 Å². The first-order valence-electron chi connectivity index (χ1n) is 4.83. The maximum atomic E-state index is 4.60. The lowest BCUT2D eigenvalue weighted by atomic mass is 10.1. The van der Waals surface area contributed by atoms with Crippen LogP contribution in [0.3, 0.4) is 0 Å². The van der Waals surface area contributed by atoms with Gasteiger partial charge in [-0.15, -0.1) is 0 Å². The SMILES string of the molecule is C=Cc1cc(C2CC2)nc(C)c1C. The van der Waals surface area contributed by atoms with Gasteiger partial charge >= 0.3 is 0 Å². The normalized spacial score (nSPS) is 15.8. The Balaban J connectivity index is 2.49. The Hall–Kier alpha value is -1.11. The van der Waals surface area contributed by atoms with Crippen molar-refractivity contribution >= 4 is 6.08 Å². The number of hydrogen-bond donors (Lipinski definition) is 0. The van der Waals surface area contributed by atoms with E-state index in [4.69, 9.17) is 0 Å². The number of rotatable bonds is 2. The fraction of sp³-hybridized carbons (Fsp3) is 0.417. The number of aryl methyl sites for hydroxylation is 1. The summed E-state index contributed by atoms with van der Waals surface area (Å²) in [5.41, 5.74) is 4.92. The molecule has 0 saturated heterocycles. The molecule has 0 amide bonds. The van der Waals surface area contributed by atoms with Crippen molar-refractivity contribution in [1.82, 2.24) is 4.98 Å². The highest BCUT2D eigenvalue weighted by molar-refractivity contribution is 5.53. The minimum atomic E-state index is 0.734. The van der Waals surface area contributed by atoms with Crippen LogP contribution in [0.4, 0.5) is 0 Å². The van der Waals surface area contributed by atoms with E-state index in [9.17, 15) is 0 Å². The summed E-state index contributed by atoms with van der Waals surface area (Å²) in [6.07, 6.45) is 4.55. The van der Waals surface area contributed by atoms with Gasteiger partial charge < -0.3 is 0 Å². The Morgan fingerprint density at radius 1 is 1.46 bits per heavy atom. The predicted molar refractivity (Wildman–Crippen MR) is 55.8 cm³/mol. The Morgan fingerprint density at radius 2 is 2.15 bits per heavy atom. The van der Waals surface area contributed by atoms with Crippen LogP contribution < -0.4 is 0 Å². The molecule has 0 unspecified atom stereocenters. The standard InChI is InChI=1S/C12H15N/c1-4-10-7-12(11-5-6-11)13-9(3)8(10)2/h4,7,11H,1,5-6H2,2-3H3. The molecule has 1 aliphatic carbocycles. The summed E-state index contributed by atoms with van der Waals surface area (Å²) < 4.78 is 0. The first-order valence-corrected chi connectivity index (χ1v) is 4.83. The molecule has 1 aliphatic rings. The van der Waals surface area contributed by atoms with E-state index in [1.165, 1.54) is 29.7 Å². The number of aromatic nitrogens is 1. The van der Waals surface area contributed by atoms with E-state index in [1.54, 1.807) is 0 Å². The Morgan fingerprint density at radius 3 is 2.69 bits per heavy atom. The minimum Gasteiger partial charge on any atom is -0.258 e. The van der Waals surface area contributed by atoms with Gasteiger partial charge in [-0.25, -0.2) is 0 Å². The Labute approximate surface area is 79.5 Å². The first kappa shape index (κ1) is 8.49. The number of hydrogen-bond acceptors (Lipinski definition) is 1. The second-order valence-corrected chi connectivity index (χ2v) is 3.83. The number of nitrogens with zero attached hydrogens (tertiary/aromatic N) is 1. The minimum absolute atomic E-state index is 0.734. The maximum Gasteiger partial charge on any atom is 0.0443 e. The predicted octanol–water partition coefficient (Wildman–Crippen LogP) is 3.22. The maximum absolute atomic E-state index is 4.60. The molecule has 2 rings (SSSR count). The highest BCUT2D eigenvalue weighted by Crippen LogP contribution is 2.39. The van der Waals surface area contributed by atoms with Crippen LogP contribution in [0.1, 0.15) is 41.3 Å². The third-order valence-corrected chi connectivity index (χ3v) is 2.79. The van der Waals surface area contributed by atoms with Gasteiger partial charge in [-0.3, -0.25) is 4.98 Å². The van der Waals surface area contributed by atoms with Gasteiger partial charge in [-0.1, -0.05) is 12.7 Å². The molecule has 68 valence electrons. The van der Waals surface area contributed by atoms with Gasteiger partial charge in [0.2, 0.25) is 0 Å². The van der Waals surface area contributed by atoms with Crippen LogP contribution in [0.5, 0.6) is 0 Å². The van der Waals surface area contributed by atoms with Crippen LogP contribution in [0.25, 0.3) is 6.08 Å². The van der Waals surface area contributed by atoms with Gasteiger partial charge in [-0.05, 0) is 43.9 Å². The third-order valence-electron chi connectivity index (χ3n) is 2.79. The molecule has 0 aromatic carbocycles. The van der Waals surface area contributed by atoms with Crippen molar-refractivity contribution in [2.75, 3.05) is 0 Å². The highest BCUT2D eigenvalue weighted by Gasteiger charge is 2.25. The Kier molecular flexibility index (Phi) is 1.95. The quantitative estimate of drug-likeness (QED) is 0.669. The van der Waals surface area contributed by atoms with Crippen molar-refractivity contribution in [3.63, 3.8) is 0 Å². The van der Waals surface area contributed by atoms with Crippen LogP contribution in [0.15, 0.2) is 12.6 Å². The lowest BCUT2D eigenvalue weighted by molar-refractivity contribution is 0.979. The molecule has 0 radical (unpaired) electrons. The topological polar surface area (TPSA) is 12.9 Å². The molecule has 1 aromatic heterocycles. The average Bonchev–Trinajstić information content (AvgIpc) is 2.92. The summed E-state index contributed by atoms with van der Waals surface area (Å²) in [4.78, 5) is 4.60. The molecule has 1 saturated carbocycles. The monoisotopic (exact) mass is 173 g/mol. The van der Waals surface area contributed by atoms with Crippen LogP contribution >= 0.6 is 0 Å². The van der Waals surface area contributed by atoms with E-state index in [2.05, 4.69) is 31.5 Å². The largest absolute Gasteiger partial charge is 0.258 e. The molecule has 1 heteroatoms. The van der Waals surface area contributed by atoms with Crippen molar-refractivity contribution in [1.29, 1.82) is 0 Å². The summed E-state index contributed by atoms with van der Waals surface area (Å²) in [7, 11) is 0. The first-order chi connectivity index (χ1) is 6.22. The highest BCUT2D eigenvalue weighted by atomic mass is 14.7. The van der Waals surface area contributed by atoms with Crippen LogP contribution in [0.2, 0.25) is 0 Å². The molecule has 1 nitrogen and oxygen atoms in total. The van der Waals surface area contributed by atoms with E-state index in [0.29, 0.717) is 0 Å². The van der Waals surface area contributed by atoms with E-state index in [0.717, 1.165) is 11.6 Å². The van der Waals surface area contributed by atoms with E-state index < -0.39 is 0 Å². The molecule has 0 atom stereocenters. The summed E-state index contributed by atoms with van der Waals surface area (Å²) in [5.74, 6) is 0.734. The fourth-order valence-electron chi connectivity index (χ4n) is 1.59. The smallest absolute Gasteiger partial charge is 0.0443 e. The molecule has 1 aromatic rings. The Bertz CT molecular complexity index is 348. The summed E-state index contributed by atoms with van der Waals surface area (Å²) in [6.45, 7) is 8.01. The van der Waals surface area contributed by atoms with Gasteiger partial charge in [-0.2, -0.15) is 0 Å². The van der Waals surface area contributed by atoms with Crippen molar-refractivity contribution in [2.45, 2.75) is 32.6 Å². The second-order valence-electron chi connectivity index (χ2n) is 3.83. The second kappa shape index (κ2) is 2.99. The molecular weight excluding hydrogens is 158 g/mol. The zero-order valence-electron chi connectivity index (χ0n) is 8.30. The molecular formula is C12H15N. The molecule has 0 spiro atoms. The molecule has 0 N–H and O–H groups in total. The molecule has 0 aliphatic heterocycles. The third kappa shape index (κ3) is 1.51.